The van der Waals surface area contributed by atoms with Crippen LogP contribution in [0.4, 0.5) is 0 Å². The van der Waals surface area contributed by atoms with Crippen molar-refractivity contribution in [3.05, 3.63) is 33.7 Å². The molecule has 15 heavy (non-hydrogen) atoms. The molecule has 1 rings (SSSR count). The number of carbonyl (C=O) groups excluding carboxylic acids is 1. The Morgan fingerprint density at radius 2 is 2.27 bits per heavy atom. The summed E-state index contributed by atoms with van der Waals surface area (Å²) in [6.45, 7) is 1.81. The molecule has 1 aromatic rings. The van der Waals surface area contributed by atoms with Gasteiger partial charge in [-0.25, -0.2) is 4.79 Å². The van der Waals surface area contributed by atoms with E-state index >= 15 is 0 Å². The number of aromatic amines is 1. The van der Waals surface area contributed by atoms with Crippen LogP contribution < -0.4 is 5.43 Å². The van der Waals surface area contributed by atoms with Crippen molar-refractivity contribution in [1.82, 2.24) is 4.98 Å². The molecule has 5 heteroatoms. The zero-order valence-corrected chi connectivity index (χ0v) is 8.59. The van der Waals surface area contributed by atoms with Crippen LogP contribution in [0.15, 0.2) is 17.1 Å². The van der Waals surface area contributed by atoms with Crippen molar-refractivity contribution < 1.29 is 9.53 Å². The molecule has 0 saturated heterocycles. The second-order valence-corrected chi connectivity index (χ2v) is 2.95. The lowest BCUT2D eigenvalue weighted by molar-refractivity contribution is 0.0599. The number of methoxy groups -OCH3 is 1. The molecule has 0 aromatic carbocycles. The van der Waals surface area contributed by atoms with Gasteiger partial charge in [-0.1, -0.05) is 6.92 Å². The van der Waals surface area contributed by atoms with E-state index in [1.807, 2.05) is 6.92 Å². The van der Waals surface area contributed by atoms with E-state index in [9.17, 15) is 9.59 Å². The Morgan fingerprint density at radius 3 is 2.73 bits per heavy atom. The highest BCUT2D eigenvalue weighted by molar-refractivity contribution is 5.97. The van der Waals surface area contributed by atoms with E-state index in [1.165, 1.54) is 19.4 Å². The summed E-state index contributed by atoms with van der Waals surface area (Å²) in [6, 6.07) is 1.23. The number of rotatable bonds is 3. The zero-order valence-electron chi connectivity index (χ0n) is 8.59. The SMILES string of the molecule is CCC(=N)c1cc(=O)c(C(=O)OC)c[nH]1. The average Bonchev–Trinajstić information content (AvgIpc) is 2.26. The fourth-order valence-electron chi connectivity index (χ4n) is 1.11. The average molecular weight is 208 g/mol. The number of carbonyl (C=O) groups is 1. The standard InChI is InChI=1S/C10H12N2O3/c1-3-7(11)8-4-9(13)6(5-12-8)10(14)15-2/h4-5,11H,3H2,1-2H3,(H,12,13). The van der Waals surface area contributed by atoms with Crippen LogP contribution in [0, 0.1) is 5.41 Å². The highest BCUT2D eigenvalue weighted by atomic mass is 16.5. The number of hydrogen-bond donors (Lipinski definition) is 2. The summed E-state index contributed by atoms with van der Waals surface area (Å²) in [4.78, 5) is 25.3. The molecule has 0 fully saturated rings. The van der Waals surface area contributed by atoms with Gasteiger partial charge in [0.15, 0.2) is 5.43 Å². The van der Waals surface area contributed by atoms with Crippen molar-refractivity contribution in [2.75, 3.05) is 7.11 Å². The summed E-state index contributed by atoms with van der Waals surface area (Å²) >= 11 is 0. The van der Waals surface area contributed by atoms with Gasteiger partial charge in [0.25, 0.3) is 0 Å². The molecule has 5 nitrogen and oxygen atoms in total. The summed E-state index contributed by atoms with van der Waals surface area (Å²) in [5.41, 5.74) is 0.262. The number of aromatic nitrogens is 1. The van der Waals surface area contributed by atoms with Crippen LogP contribution in [0.25, 0.3) is 0 Å². The minimum Gasteiger partial charge on any atom is -0.465 e. The van der Waals surface area contributed by atoms with Crippen LogP contribution in [0.2, 0.25) is 0 Å². The second-order valence-electron chi connectivity index (χ2n) is 2.95. The first kappa shape index (κ1) is 11.2. The molecule has 0 amide bonds. The molecule has 2 N–H and O–H groups in total. The first-order valence-corrected chi connectivity index (χ1v) is 4.49. The first-order chi connectivity index (χ1) is 7.10. The summed E-state index contributed by atoms with van der Waals surface area (Å²) in [7, 11) is 1.21. The molecule has 1 aromatic heterocycles. The molecule has 0 bridgehead atoms. The number of ether oxygens (including phenoxy) is 1. The van der Waals surface area contributed by atoms with Gasteiger partial charge < -0.3 is 15.1 Å². The van der Waals surface area contributed by atoms with Crippen molar-refractivity contribution >= 4 is 11.7 Å². The maximum atomic E-state index is 11.4. The molecule has 0 aliphatic carbocycles. The van der Waals surface area contributed by atoms with Crippen LogP contribution in [0.3, 0.4) is 0 Å². The molecule has 0 spiro atoms. The Bertz CT molecular complexity index is 448. The third-order valence-electron chi connectivity index (χ3n) is 2.00. The molecular weight excluding hydrogens is 196 g/mol. The van der Waals surface area contributed by atoms with Gasteiger partial charge in [0.05, 0.1) is 18.5 Å². The lowest BCUT2D eigenvalue weighted by Gasteiger charge is -2.02. The van der Waals surface area contributed by atoms with Crippen LogP contribution in [0.1, 0.15) is 29.4 Å². The summed E-state index contributed by atoms with van der Waals surface area (Å²) < 4.78 is 4.43. The van der Waals surface area contributed by atoms with E-state index < -0.39 is 11.4 Å². The van der Waals surface area contributed by atoms with Crippen molar-refractivity contribution in [3.8, 4) is 0 Å². The van der Waals surface area contributed by atoms with Gasteiger partial charge in [0, 0.05) is 12.3 Å². The van der Waals surface area contributed by atoms with E-state index in [0.29, 0.717) is 17.8 Å². The van der Waals surface area contributed by atoms with Crippen molar-refractivity contribution in [1.29, 1.82) is 5.41 Å². The van der Waals surface area contributed by atoms with Gasteiger partial charge in [-0.05, 0) is 6.42 Å². The fourth-order valence-corrected chi connectivity index (χ4v) is 1.11. The minimum atomic E-state index is -0.675. The van der Waals surface area contributed by atoms with Crippen molar-refractivity contribution in [3.63, 3.8) is 0 Å². The molecule has 0 unspecified atom stereocenters. The van der Waals surface area contributed by atoms with E-state index in [-0.39, 0.29) is 5.56 Å². The highest BCUT2D eigenvalue weighted by Gasteiger charge is 2.11. The lowest BCUT2D eigenvalue weighted by atomic mass is 10.1. The van der Waals surface area contributed by atoms with Gasteiger partial charge >= 0.3 is 5.97 Å². The Hall–Kier alpha value is -1.91. The van der Waals surface area contributed by atoms with E-state index in [1.54, 1.807) is 0 Å². The normalized spacial score (nSPS) is 9.73. The van der Waals surface area contributed by atoms with E-state index in [4.69, 9.17) is 5.41 Å². The predicted octanol–water partition coefficient (Wildman–Crippen LogP) is 0.939. The third-order valence-corrected chi connectivity index (χ3v) is 2.00. The molecular formula is C10H12N2O3. The van der Waals surface area contributed by atoms with Crippen LogP contribution in [-0.2, 0) is 4.74 Å². The topological polar surface area (TPSA) is 83.0 Å². The smallest absolute Gasteiger partial charge is 0.343 e. The molecule has 1 heterocycles. The Kier molecular flexibility index (Phi) is 3.38. The quantitative estimate of drug-likeness (QED) is 0.572. The Morgan fingerprint density at radius 1 is 1.60 bits per heavy atom. The number of esters is 1. The minimum absolute atomic E-state index is 0.0508. The van der Waals surface area contributed by atoms with Gasteiger partial charge in [0.1, 0.15) is 5.56 Å². The summed E-state index contributed by atoms with van der Waals surface area (Å²) in [5, 5.41) is 7.51. The molecule has 0 aliphatic heterocycles. The molecule has 0 atom stereocenters. The van der Waals surface area contributed by atoms with E-state index in [0.717, 1.165) is 0 Å². The molecule has 80 valence electrons. The second kappa shape index (κ2) is 4.54. The van der Waals surface area contributed by atoms with Crippen molar-refractivity contribution in [2.45, 2.75) is 13.3 Å². The number of H-pyrrole nitrogens is 1. The van der Waals surface area contributed by atoms with Gasteiger partial charge in [0.2, 0.25) is 0 Å². The maximum Gasteiger partial charge on any atom is 0.343 e. The molecule has 0 aliphatic rings. The monoisotopic (exact) mass is 208 g/mol. The third kappa shape index (κ3) is 2.31. The summed E-state index contributed by atoms with van der Waals surface area (Å²) in [6.07, 6.45) is 1.79. The Balaban J connectivity index is 3.15. The van der Waals surface area contributed by atoms with Gasteiger partial charge in [-0.3, -0.25) is 4.79 Å². The summed E-state index contributed by atoms with van der Waals surface area (Å²) in [5.74, 6) is -0.675. The highest BCUT2D eigenvalue weighted by Crippen LogP contribution is 1.99. The van der Waals surface area contributed by atoms with Crippen LogP contribution in [0.5, 0.6) is 0 Å². The zero-order chi connectivity index (χ0) is 11.4. The van der Waals surface area contributed by atoms with E-state index in [2.05, 4.69) is 9.72 Å². The number of nitrogens with one attached hydrogen (secondary N) is 2. The van der Waals surface area contributed by atoms with Crippen LogP contribution >= 0.6 is 0 Å². The predicted molar refractivity (Wildman–Crippen MR) is 55.5 cm³/mol. The molecule has 0 saturated carbocycles. The number of hydrogen-bond acceptors (Lipinski definition) is 4. The largest absolute Gasteiger partial charge is 0.465 e. The van der Waals surface area contributed by atoms with Crippen molar-refractivity contribution in [2.24, 2.45) is 0 Å². The van der Waals surface area contributed by atoms with Gasteiger partial charge in [-0.15, -0.1) is 0 Å². The lowest BCUT2D eigenvalue weighted by Crippen LogP contribution is -2.18. The first-order valence-electron chi connectivity index (χ1n) is 4.49. The van der Waals surface area contributed by atoms with Gasteiger partial charge in [-0.2, -0.15) is 0 Å². The number of pyridine rings is 1. The molecule has 0 radical (unpaired) electrons. The fraction of sp³-hybridized carbons (Fsp3) is 0.300. The van der Waals surface area contributed by atoms with Crippen LogP contribution in [-0.4, -0.2) is 23.8 Å². The maximum absolute atomic E-state index is 11.4. The Labute approximate surface area is 86.6 Å².